The fourth-order valence-electron chi connectivity index (χ4n) is 3.20. The van der Waals surface area contributed by atoms with Crippen molar-refractivity contribution in [1.29, 1.82) is 0 Å². The minimum absolute atomic E-state index is 0.125. The van der Waals surface area contributed by atoms with Crippen molar-refractivity contribution < 1.29 is 14.3 Å². The molecule has 1 atom stereocenters. The molecule has 6 nitrogen and oxygen atoms in total. The lowest BCUT2D eigenvalue weighted by Gasteiger charge is -2.13. The number of carbonyl (C=O) groups excluding carboxylic acids is 1. The van der Waals surface area contributed by atoms with Crippen LogP contribution >= 0.6 is 11.3 Å². The van der Waals surface area contributed by atoms with Crippen LogP contribution < -0.4 is 14.8 Å². The van der Waals surface area contributed by atoms with Crippen molar-refractivity contribution in [2.24, 2.45) is 0 Å². The van der Waals surface area contributed by atoms with E-state index in [0.29, 0.717) is 28.6 Å². The highest BCUT2D eigenvalue weighted by Crippen LogP contribution is 2.38. The molecule has 0 unspecified atom stereocenters. The number of amides is 1. The van der Waals surface area contributed by atoms with Crippen molar-refractivity contribution in [3.8, 4) is 22.2 Å². The lowest BCUT2D eigenvalue weighted by molar-refractivity contribution is 0.102. The summed E-state index contributed by atoms with van der Waals surface area (Å²) in [4.78, 5) is 22.3. The van der Waals surface area contributed by atoms with Crippen LogP contribution in [0.5, 0.6) is 11.5 Å². The fraction of sp³-hybridized carbons (Fsp3) is 0.286. The molecule has 0 radical (unpaired) electrons. The van der Waals surface area contributed by atoms with Crippen molar-refractivity contribution in [3.05, 3.63) is 52.7 Å². The number of pyridine rings is 1. The van der Waals surface area contributed by atoms with Gasteiger partial charge in [0.1, 0.15) is 27.5 Å². The van der Waals surface area contributed by atoms with E-state index < -0.39 is 0 Å². The second kappa shape index (κ2) is 7.59. The van der Waals surface area contributed by atoms with Crippen LogP contribution in [0.1, 0.15) is 34.8 Å². The van der Waals surface area contributed by atoms with Gasteiger partial charge < -0.3 is 14.8 Å². The molecule has 0 aliphatic carbocycles. The van der Waals surface area contributed by atoms with Gasteiger partial charge in [-0.3, -0.25) is 9.78 Å². The van der Waals surface area contributed by atoms with Gasteiger partial charge in [-0.15, -0.1) is 11.3 Å². The number of hydrogen-bond acceptors (Lipinski definition) is 6. The third-order valence-electron chi connectivity index (χ3n) is 4.43. The Morgan fingerprint density at radius 3 is 3.00 bits per heavy atom. The van der Waals surface area contributed by atoms with Crippen molar-refractivity contribution in [2.45, 2.75) is 33.3 Å². The number of nitrogens with zero attached hydrogens (tertiary/aromatic N) is 2. The molecule has 1 aromatic carbocycles. The maximum Gasteiger partial charge on any atom is 0.267 e. The Hall–Kier alpha value is -2.93. The zero-order valence-corrected chi connectivity index (χ0v) is 16.8. The number of thiazole rings is 1. The van der Waals surface area contributed by atoms with Gasteiger partial charge >= 0.3 is 0 Å². The summed E-state index contributed by atoms with van der Waals surface area (Å²) in [6, 6.07) is 9.43. The summed E-state index contributed by atoms with van der Waals surface area (Å²) in [6.07, 6.45) is 2.68. The van der Waals surface area contributed by atoms with Gasteiger partial charge in [0.25, 0.3) is 5.91 Å². The monoisotopic (exact) mass is 395 g/mol. The molecule has 1 aliphatic heterocycles. The zero-order valence-electron chi connectivity index (χ0n) is 16.0. The first-order chi connectivity index (χ1) is 13.5. The van der Waals surface area contributed by atoms with Crippen LogP contribution in [-0.2, 0) is 6.42 Å². The summed E-state index contributed by atoms with van der Waals surface area (Å²) in [5, 5.41) is 3.69. The summed E-state index contributed by atoms with van der Waals surface area (Å²) in [5.74, 6) is 1.23. The van der Waals surface area contributed by atoms with Crippen LogP contribution in [0.2, 0.25) is 0 Å². The quantitative estimate of drug-likeness (QED) is 0.689. The number of anilines is 1. The van der Waals surface area contributed by atoms with Crippen molar-refractivity contribution >= 4 is 22.9 Å². The second-order valence-corrected chi connectivity index (χ2v) is 7.62. The maximum absolute atomic E-state index is 12.9. The first kappa shape index (κ1) is 18.4. The molecule has 2 aromatic heterocycles. The first-order valence-electron chi connectivity index (χ1n) is 9.21. The van der Waals surface area contributed by atoms with Crippen LogP contribution in [0.3, 0.4) is 0 Å². The molecule has 1 aliphatic rings. The number of nitrogens with one attached hydrogen (secondary N) is 1. The van der Waals surface area contributed by atoms with Gasteiger partial charge in [0.2, 0.25) is 0 Å². The summed E-state index contributed by atoms with van der Waals surface area (Å²) in [7, 11) is 0. The molecule has 0 fully saturated rings. The predicted molar refractivity (Wildman–Crippen MR) is 109 cm³/mol. The van der Waals surface area contributed by atoms with E-state index in [2.05, 4.69) is 15.3 Å². The molecule has 28 heavy (non-hydrogen) atoms. The summed E-state index contributed by atoms with van der Waals surface area (Å²) < 4.78 is 11.6. The SMILES string of the molecule is CCOc1cc2c(cc1NC(=O)c1sc(-c3ccccn3)nc1C)O[C@H](C)C2. The minimum Gasteiger partial charge on any atom is -0.492 e. The van der Waals surface area contributed by atoms with Gasteiger partial charge in [0.05, 0.1) is 23.7 Å². The Balaban J connectivity index is 1.62. The standard InChI is InChI=1S/C21H21N3O3S/c1-4-26-18-10-14-9-12(2)27-17(14)11-16(18)24-20(25)19-13(3)23-21(28-19)15-7-5-6-8-22-15/h5-8,10-12H,4,9H2,1-3H3,(H,24,25)/t12-/m1/s1. The van der Waals surface area contributed by atoms with Crippen molar-refractivity contribution in [1.82, 2.24) is 9.97 Å². The van der Waals surface area contributed by atoms with Gasteiger partial charge in [-0.1, -0.05) is 6.07 Å². The van der Waals surface area contributed by atoms with E-state index in [0.717, 1.165) is 28.4 Å². The van der Waals surface area contributed by atoms with Crippen LogP contribution in [0, 0.1) is 6.92 Å². The van der Waals surface area contributed by atoms with Gasteiger partial charge in [-0.25, -0.2) is 4.98 Å². The van der Waals surface area contributed by atoms with E-state index in [-0.39, 0.29) is 12.0 Å². The largest absolute Gasteiger partial charge is 0.492 e. The average molecular weight is 395 g/mol. The van der Waals surface area contributed by atoms with E-state index in [1.807, 2.05) is 51.1 Å². The number of rotatable bonds is 5. The molecule has 144 valence electrons. The van der Waals surface area contributed by atoms with Crippen molar-refractivity contribution in [2.75, 3.05) is 11.9 Å². The number of hydrogen-bond donors (Lipinski definition) is 1. The van der Waals surface area contributed by atoms with E-state index >= 15 is 0 Å². The zero-order chi connectivity index (χ0) is 19.7. The third kappa shape index (κ3) is 3.57. The second-order valence-electron chi connectivity index (χ2n) is 6.62. The maximum atomic E-state index is 12.9. The molecule has 3 heterocycles. The molecule has 7 heteroatoms. The molecule has 0 bridgehead atoms. The molecule has 1 N–H and O–H groups in total. The molecular weight excluding hydrogens is 374 g/mol. The predicted octanol–water partition coefficient (Wildman–Crippen LogP) is 4.49. The van der Waals surface area contributed by atoms with Crippen LogP contribution in [-0.4, -0.2) is 28.6 Å². The lowest BCUT2D eigenvalue weighted by Crippen LogP contribution is -2.13. The average Bonchev–Trinajstić information content (AvgIpc) is 3.24. The topological polar surface area (TPSA) is 73.3 Å². The third-order valence-corrected chi connectivity index (χ3v) is 5.61. The van der Waals surface area contributed by atoms with E-state index in [4.69, 9.17) is 9.47 Å². The molecule has 0 spiro atoms. The lowest BCUT2D eigenvalue weighted by atomic mass is 10.1. The van der Waals surface area contributed by atoms with Gasteiger partial charge in [-0.05, 0) is 39.0 Å². The van der Waals surface area contributed by atoms with Gasteiger partial charge in [0, 0.05) is 24.2 Å². The summed E-state index contributed by atoms with van der Waals surface area (Å²) in [5.41, 5.74) is 3.13. The first-order valence-corrected chi connectivity index (χ1v) is 10.0. The number of aryl methyl sites for hydroxylation is 1. The summed E-state index contributed by atoms with van der Waals surface area (Å²) in [6.45, 7) is 6.29. The minimum atomic E-state index is -0.218. The Kier molecular flexibility index (Phi) is 5.00. The van der Waals surface area contributed by atoms with E-state index in [1.165, 1.54) is 11.3 Å². The molecule has 4 rings (SSSR count). The number of carbonyl (C=O) groups is 1. The molecule has 0 saturated heterocycles. The van der Waals surface area contributed by atoms with Gasteiger partial charge in [0.15, 0.2) is 0 Å². The molecule has 0 saturated carbocycles. The van der Waals surface area contributed by atoms with E-state index in [1.54, 1.807) is 6.20 Å². The number of ether oxygens (including phenoxy) is 2. The number of benzene rings is 1. The van der Waals surface area contributed by atoms with Crippen LogP contribution in [0.4, 0.5) is 5.69 Å². The Morgan fingerprint density at radius 1 is 1.39 bits per heavy atom. The number of aromatic nitrogens is 2. The van der Waals surface area contributed by atoms with Crippen LogP contribution in [0.15, 0.2) is 36.5 Å². The highest BCUT2D eigenvalue weighted by molar-refractivity contribution is 7.17. The highest BCUT2D eigenvalue weighted by atomic mass is 32.1. The number of fused-ring (bicyclic) bond motifs is 1. The molecule has 3 aromatic rings. The smallest absolute Gasteiger partial charge is 0.267 e. The van der Waals surface area contributed by atoms with Gasteiger partial charge in [-0.2, -0.15) is 0 Å². The Labute approximate surface area is 167 Å². The Morgan fingerprint density at radius 2 is 2.25 bits per heavy atom. The fourth-order valence-corrected chi connectivity index (χ4v) is 4.14. The van der Waals surface area contributed by atoms with Crippen LogP contribution in [0.25, 0.3) is 10.7 Å². The molecule has 1 amide bonds. The van der Waals surface area contributed by atoms with Crippen molar-refractivity contribution in [3.63, 3.8) is 0 Å². The Bertz CT molecular complexity index is 1020. The van der Waals surface area contributed by atoms with E-state index in [9.17, 15) is 4.79 Å². The normalized spacial score (nSPS) is 15.0. The highest BCUT2D eigenvalue weighted by Gasteiger charge is 2.24. The summed E-state index contributed by atoms with van der Waals surface area (Å²) >= 11 is 1.33. The molecular formula is C21H21N3O3S.